The number of ether oxygens (including phenoxy) is 2. The summed E-state index contributed by atoms with van der Waals surface area (Å²) in [6.07, 6.45) is 15.1. The molecule has 0 radical (unpaired) electrons. The highest BCUT2D eigenvalue weighted by atomic mass is 19.3. The summed E-state index contributed by atoms with van der Waals surface area (Å²) in [4.78, 5) is 0. The number of halogens is 4. The van der Waals surface area contributed by atoms with Crippen LogP contribution >= 0.6 is 0 Å². The molecule has 0 N–H and O–H groups in total. The molecule has 2 fully saturated rings. The van der Waals surface area contributed by atoms with Crippen LogP contribution in [0.2, 0.25) is 0 Å². The minimum absolute atomic E-state index is 0.0156. The Morgan fingerprint density at radius 1 is 0.816 bits per heavy atom. The molecule has 6 heteroatoms. The Labute approximate surface area is 225 Å². The molecule has 2 nitrogen and oxygen atoms in total. The predicted octanol–water partition coefficient (Wildman–Crippen LogP) is 10.6. The second-order valence-electron chi connectivity index (χ2n) is 11.3. The Bertz CT molecular complexity index is 1010. The van der Waals surface area contributed by atoms with Crippen LogP contribution in [0.25, 0.3) is 0 Å². The average Bonchev–Trinajstić information content (AvgIpc) is 2.92. The fourth-order valence-electron chi connectivity index (χ4n) is 6.76. The third kappa shape index (κ3) is 7.24. The molecule has 0 unspecified atom stereocenters. The van der Waals surface area contributed by atoms with Crippen molar-refractivity contribution in [3.05, 3.63) is 53.1 Å². The molecule has 2 aromatic carbocycles. The van der Waals surface area contributed by atoms with Crippen LogP contribution in [0.15, 0.2) is 30.3 Å². The standard InChI is InChI=1S/C32H42F4O2/c1-3-5-6-7-21-8-10-22(11-9-21)23-12-14-24(15-13-23)28-20-29(33)30(34)27(4-2)31(28)37-25-16-18-26(19-17-25)38-32(35)36/h16-24,32H,3-15H2,1-2H3. The van der Waals surface area contributed by atoms with Gasteiger partial charge in [0, 0.05) is 11.1 Å². The van der Waals surface area contributed by atoms with Crippen molar-refractivity contribution in [2.45, 2.75) is 110 Å². The second kappa shape index (κ2) is 13.7. The maximum absolute atomic E-state index is 14.8. The molecule has 0 aromatic heterocycles. The number of unbranched alkanes of at least 4 members (excludes halogenated alkanes) is 2. The van der Waals surface area contributed by atoms with Crippen LogP contribution in [0.4, 0.5) is 17.6 Å². The van der Waals surface area contributed by atoms with E-state index in [4.69, 9.17) is 4.74 Å². The van der Waals surface area contributed by atoms with Crippen molar-refractivity contribution in [3.8, 4) is 17.2 Å². The van der Waals surface area contributed by atoms with Crippen LogP contribution in [0.3, 0.4) is 0 Å². The topological polar surface area (TPSA) is 18.5 Å². The van der Waals surface area contributed by atoms with Gasteiger partial charge >= 0.3 is 6.61 Å². The van der Waals surface area contributed by atoms with Crippen LogP contribution in [0, 0.1) is 29.4 Å². The third-order valence-electron chi connectivity index (χ3n) is 8.90. The molecule has 38 heavy (non-hydrogen) atoms. The Hall–Kier alpha value is -2.24. The highest BCUT2D eigenvalue weighted by Crippen LogP contribution is 2.48. The summed E-state index contributed by atoms with van der Waals surface area (Å²) >= 11 is 0. The van der Waals surface area contributed by atoms with E-state index in [1.807, 2.05) is 0 Å². The van der Waals surface area contributed by atoms with Gasteiger partial charge in [0.25, 0.3) is 0 Å². The first-order valence-corrected chi connectivity index (χ1v) is 14.6. The maximum atomic E-state index is 14.8. The highest BCUT2D eigenvalue weighted by molar-refractivity contribution is 5.48. The molecule has 0 bridgehead atoms. The van der Waals surface area contributed by atoms with Gasteiger partial charge in [0.15, 0.2) is 11.6 Å². The van der Waals surface area contributed by atoms with E-state index in [1.54, 1.807) is 6.92 Å². The van der Waals surface area contributed by atoms with Crippen molar-refractivity contribution in [2.75, 3.05) is 0 Å². The molecule has 4 rings (SSSR count). The van der Waals surface area contributed by atoms with E-state index in [2.05, 4.69) is 11.7 Å². The van der Waals surface area contributed by atoms with Crippen molar-refractivity contribution >= 4 is 0 Å². The Kier molecular flexibility index (Phi) is 10.4. The molecular formula is C32H42F4O2. The maximum Gasteiger partial charge on any atom is 0.387 e. The Balaban J connectivity index is 1.43. The van der Waals surface area contributed by atoms with Crippen LogP contribution in [-0.2, 0) is 6.42 Å². The fraction of sp³-hybridized carbons (Fsp3) is 0.625. The molecule has 0 saturated heterocycles. The Morgan fingerprint density at radius 2 is 1.42 bits per heavy atom. The lowest BCUT2D eigenvalue weighted by Crippen LogP contribution is -2.25. The predicted molar refractivity (Wildman–Crippen MR) is 143 cm³/mol. The van der Waals surface area contributed by atoms with Gasteiger partial charge < -0.3 is 9.47 Å². The summed E-state index contributed by atoms with van der Waals surface area (Å²) < 4.78 is 65.0. The first kappa shape index (κ1) is 28.8. The normalized spacial score (nSPS) is 24.0. The summed E-state index contributed by atoms with van der Waals surface area (Å²) in [6, 6.07) is 7.10. The molecule has 0 atom stereocenters. The van der Waals surface area contributed by atoms with E-state index >= 15 is 0 Å². The molecular weight excluding hydrogens is 492 g/mol. The first-order valence-electron chi connectivity index (χ1n) is 14.6. The average molecular weight is 535 g/mol. The van der Waals surface area contributed by atoms with Crippen molar-refractivity contribution in [1.29, 1.82) is 0 Å². The van der Waals surface area contributed by atoms with E-state index in [-0.39, 0.29) is 23.7 Å². The van der Waals surface area contributed by atoms with Gasteiger partial charge in [-0.15, -0.1) is 0 Å². The number of hydrogen-bond acceptors (Lipinski definition) is 2. The highest BCUT2D eigenvalue weighted by Gasteiger charge is 2.33. The SMILES string of the molecule is CCCCCC1CCC(C2CCC(c3cc(F)c(F)c(CC)c3Oc3ccc(OC(F)F)cc3)CC2)CC1. The third-order valence-corrected chi connectivity index (χ3v) is 8.90. The van der Waals surface area contributed by atoms with E-state index in [1.165, 1.54) is 81.7 Å². The Morgan fingerprint density at radius 3 is 2.00 bits per heavy atom. The van der Waals surface area contributed by atoms with Gasteiger partial charge in [-0.2, -0.15) is 8.78 Å². The number of rotatable bonds is 11. The van der Waals surface area contributed by atoms with Crippen molar-refractivity contribution < 1.29 is 27.0 Å². The monoisotopic (exact) mass is 534 g/mol. The van der Waals surface area contributed by atoms with E-state index in [0.29, 0.717) is 23.0 Å². The molecule has 2 saturated carbocycles. The van der Waals surface area contributed by atoms with Gasteiger partial charge in [0.2, 0.25) is 0 Å². The summed E-state index contributed by atoms with van der Waals surface area (Å²) in [7, 11) is 0. The van der Waals surface area contributed by atoms with Gasteiger partial charge in [-0.1, -0.05) is 52.4 Å². The lowest BCUT2D eigenvalue weighted by molar-refractivity contribution is -0.0498. The van der Waals surface area contributed by atoms with E-state index in [0.717, 1.165) is 37.5 Å². The summed E-state index contributed by atoms with van der Waals surface area (Å²) in [5.41, 5.74) is 0.933. The molecule has 2 aliphatic carbocycles. The van der Waals surface area contributed by atoms with Gasteiger partial charge in [-0.3, -0.25) is 0 Å². The van der Waals surface area contributed by atoms with Crippen molar-refractivity contribution in [1.82, 2.24) is 0 Å². The molecule has 2 aliphatic rings. The van der Waals surface area contributed by atoms with Gasteiger partial charge in [0.05, 0.1) is 0 Å². The van der Waals surface area contributed by atoms with Crippen LogP contribution in [-0.4, -0.2) is 6.61 Å². The zero-order chi connectivity index (χ0) is 27.1. The van der Waals surface area contributed by atoms with Crippen LogP contribution < -0.4 is 9.47 Å². The van der Waals surface area contributed by atoms with Crippen molar-refractivity contribution in [3.63, 3.8) is 0 Å². The van der Waals surface area contributed by atoms with E-state index in [9.17, 15) is 17.6 Å². The molecule has 210 valence electrons. The second-order valence-corrected chi connectivity index (χ2v) is 11.3. The number of hydrogen-bond donors (Lipinski definition) is 0. The van der Waals surface area contributed by atoms with Gasteiger partial charge in [-0.25, -0.2) is 8.78 Å². The molecule has 0 heterocycles. The lowest BCUT2D eigenvalue weighted by atomic mass is 9.67. The zero-order valence-corrected chi connectivity index (χ0v) is 22.8. The summed E-state index contributed by atoms with van der Waals surface area (Å²) in [5.74, 6) is 1.55. The fourth-order valence-corrected chi connectivity index (χ4v) is 6.76. The molecule has 0 aliphatic heterocycles. The molecule has 0 amide bonds. The van der Waals surface area contributed by atoms with Crippen LogP contribution in [0.5, 0.6) is 17.2 Å². The van der Waals surface area contributed by atoms with Crippen LogP contribution in [0.1, 0.15) is 108 Å². The van der Waals surface area contributed by atoms with E-state index < -0.39 is 18.2 Å². The molecule has 2 aromatic rings. The summed E-state index contributed by atoms with van der Waals surface area (Å²) in [5, 5.41) is 0. The largest absolute Gasteiger partial charge is 0.457 e. The van der Waals surface area contributed by atoms with Crippen molar-refractivity contribution in [2.24, 2.45) is 17.8 Å². The minimum Gasteiger partial charge on any atom is -0.457 e. The minimum atomic E-state index is -2.91. The lowest BCUT2D eigenvalue weighted by Gasteiger charge is -2.38. The quantitative estimate of drug-likeness (QED) is 0.211. The number of alkyl halides is 2. The first-order chi connectivity index (χ1) is 18.4. The smallest absolute Gasteiger partial charge is 0.387 e. The summed E-state index contributed by atoms with van der Waals surface area (Å²) in [6.45, 7) is 1.13. The zero-order valence-electron chi connectivity index (χ0n) is 22.8. The van der Waals surface area contributed by atoms with Gasteiger partial charge in [0.1, 0.15) is 17.2 Å². The molecule has 0 spiro atoms. The number of benzene rings is 2. The van der Waals surface area contributed by atoms with Gasteiger partial charge in [-0.05, 0) is 98.9 Å².